The molecular weight excluding hydrogens is 481 g/mol. The van der Waals surface area contributed by atoms with E-state index in [1.54, 1.807) is 0 Å². The Hall–Kier alpha value is -0.900. The van der Waals surface area contributed by atoms with Crippen molar-refractivity contribution in [3.8, 4) is 0 Å². The lowest BCUT2D eigenvalue weighted by Gasteiger charge is -2.23. The quantitative estimate of drug-likeness (QED) is 0.223. The van der Waals surface area contributed by atoms with Crippen molar-refractivity contribution in [3.63, 3.8) is 0 Å². The third-order valence-electron chi connectivity index (χ3n) is 5.32. The lowest BCUT2D eigenvalue weighted by atomic mass is 10.1. The van der Waals surface area contributed by atoms with Gasteiger partial charge in [-0.1, -0.05) is 24.3 Å². The number of rotatable bonds is 10. The molecule has 3 rings (SSSR count). The van der Waals surface area contributed by atoms with Crippen LogP contribution in [0, 0.1) is 5.92 Å². The molecule has 0 radical (unpaired) electrons. The molecule has 0 bridgehead atoms. The highest BCUT2D eigenvalue weighted by atomic mass is 127. The lowest BCUT2D eigenvalue weighted by molar-refractivity contribution is -0.0390. The van der Waals surface area contributed by atoms with Crippen LogP contribution in [0.25, 0.3) is 0 Å². The monoisotopic (exact) mass is 517 g/mol. The number of likely N-dealkylation sites (N-methyl/N-ethyl adjacent to an activating group) is 1. The summed E-state index contributed by atoms with van der Waals surface area (Å²) in [5.41, 5.74) is 2.44. The van der Waals surface area contributed by atoms with Crippen molar-refractivity contribution in [1.29, 1.82) is 0 Å². The summed E-state index contributed by atoms with van der Waals surface area (Å²) in [6.07, 6.45) is 5.00. The fourth-order valence-electron chi connectivity index (χ4n) is 3.22. The highest BCUT2D eigenvalue weighted by Gasteiger charge is 2.21. The van der Waals surface area contributed by atoms with Crippen LogP contribution in [-0.4, -0.2) is 64.0 Å². The molecule has 0 spiro atoms. The van der Waals surface area contributed by atoms with Gasteiger partial charge in [0.2, 0.25) is 0 Å². The van der Waals surface area contributed by atoms with Crippen LogP contribution in [0.3, 0.4) is 0 Å². The number of hydrogen-bond acceptors (Lipinski definition) is 4. The van der Waals surface area contributed by atoms with Crippen LogP contribution in [0.4, 0.5) is 0 Å². The molecule has 1 N–H and O–H groups in total. The van der Waals surface area contributed by atoms with Crippen molar-refractivity contribution in [1.82, 2.24) is 10.2 Å². The Morgan fingerprint density at radius 3 is 2.48 bits per heavy atom. The molecule has 1 saturated heterocycles. The molecule has 7 heteroatoms. The van der Waals surface area contributed by atoms with E-state index >= 15 is 0 Å². The second-order valence-corrected chi connectivity index (χ2v) is 7.78. The first-order valence-electron chi connectivity index (χ1n) is 10.5. The van der Waals surface area contributed by atoms with E-state index in [0.717, 1.165) is 64.2 Å². The summed E-state index contributed by atoms with van der Waals surface area (Å²) >= 11 is 0. The summed E-state index contributed by atoms with van der Waals surface area (Å²) in [6, 6.07) is 8.60. The van der Waals surface area contributed by atoms with Gasteiger partial charge in [-0.2, -0.15) is 0 Å². The summed E-state index contributed by atoms with van der Waals surface area (Å²) in [4.78, 5) is 6.49. The van der Waals surface area contributed by atoms with Crippen molar-refractivity contribution < 1.29 is 14.2 Å². The van der Waals surface area contributed by atoms with E-state index < -0.39 is 0 Å². The van der Waals surface area contributed by atoms with E-state index in [1.807, 2.05) is 14.1 Å². The topological polar surface area (TPSA) is 55.3 Å². The van der Waals surface area contributed by atoms with Crippen molar-refractivity contribution in [2.75, 3.05) is 47.1 Å². The van der Waals surface area contributed by atoms with Crippen LogP contribution in [0.2, 0.25) is 0 Å². The molecule has 1 aliphatic carbocycles. The highest BCUT2D eigenvalue weighted by Crippen LogP contribution is 2.28. The Morgan fingerprint density at radius 2 is 1.83 bits per heavy atom. The molecule has 0 unspecified atom stereocenters. The van der Waals surface area contributed by atoms with Crippen molar-refractivity contribution in [2.45, 2.75) is 44.9 Å². The first kappa shape index (κ1) is 24.4. The molecule has 6 nitrogen and oxygen atoms in total. The second kappa shape index (κ2) is 13.4. The molecule has 0 amide bonds. The molecule has 1 saturated carbocycles. The predicted octanol–water partition coefficient (Wildman–Crippen LogP) is 3.43. The number of guanidine groups is 1. The van der Waals surface area contributed by atoms with Gasteiger partial charge in [0.1, 0.15) is 0 Å². The molecular formula is C22H36IN3O3. The fraction of sp³-hybridized carbons (Fsp3) is 0.682. The highest BCUT2D eigenvalue weighted by molar-refractivity contribution is 14.0. The van der Waals surface area contributed by atoms with E-state index in [-0.39, 0.29) is 24.0 Å². The number of hydrogen-bond donors (Lipinski definition) is 1. The average Bonchev–Trinajstić information content (AvgIpc) is 3.56. The van der Waals surface area contributed by atoms with Gasteiger partial charge < -0.3 is 24.4 Å². The van der Waals surface area contributed by atoms with E-state index in [1.165, 1.54) is 24.0 Å². The first-order chi connectivity index (χ1) is 13.7. The molecule has 0 atom stereocenters. The van der Waals surface area contributed by atoms with Gasteiger partial charge in [0.05, 0.1) is 19.3 Å². The van der Waals surface area contributed by atoms with E-state index in [2.05, 4.69) is 39.5 Å². The molecule has 164 valence electrons. The lowest BCUT2D eigenvalue weighted by Crippen LogP contribution is -2.40. The standard InChI is InChI=1S/C22H35N3O3.HI/c1-23-22(25(2)11-14-27-16-19-7-8-19)24-15-18-3-5-20(6-4-18)17-28-21-9-12-26-13-10-21;/h3-6,19,21H,7-17H2,1-2H3,(H,23,24);1H. The molecule has 1 heterocycles. The van der Waals surface area contributed by atoms with Gasteiger partial charge in [-0.05, 0) is 42.7 Å². The summed E-state index contributed by atoms with van der Waals surface area (Å²) in [5.74, 6) is 1.70. The van der Waals surface area contributed by atoms with Gasteiger partial charge in [-0.15, -0.1) is 24.0 Å². The maximum absolute atomic E-state index is 5.99. The average molecular weight is 517 g/mol. The van der Waals surface area contributed by atoms with Crippen LogP contribution in [0.1, 0.15) is 36.8 Å². The zero-order valence-corrected chi connectivity index (χ0v) is 20.1. The largest absolute Gasteiger partial charge is 0.381 e. The van der Waals surface area contributed by atoms with Crippen LogP contribution < -0.4 is 5.32 Å². The van der Waals surface area contributed by atoms with E-state index in [9.17, 15) is 0 Å². The smallest absolute Gasteiger partial charge is 0.193 e. The SMILES string of the molecule is CN=C(NCc1ccc(COC2CCOCC2)cc1)N(C)CCOCC1CC1.I. The maximum Gasteiger partial charge on any atom is 0.193 e. The Balaban J connectivity index is 0.00000300. The summed E-state index contributed by atoms with van der Waals surface area (Å²) < 4.78 is 17.1. The van der Waals surface area contributed by atoms with Gasteiger partial charge in [0.25, 0.3) is 0 Å². The number of ether oxygens (including phenoxy) is 3. The van der Waals surface area contributed by atoms with Gasteiger partial charge in [-0.25, -0.2) is 0 Å². The normalized spacial score (nSPS) is 17.7. The fourth-order valence-corrected chi connectivity index (χ4v) is 3.22. The molecule has 2 aliphatic rings. The minimum atomic E-state index is 0. The summed E-state index contributed by atoms with van der Waals surface area (Å²) in [5, 5.41) is 3.43. The third kappa shape index (κ3) is 9.19. The van der Waals surface area contributed by atoms with Gasteiger partial charge in [-0.3, -0.25) is 4.99 Å². The molecule has 2 fully saturated rings. The van der Waals surface area contributed by atoms with Crippen molar-refractivity contribution >= 4 is 29.9 Å². The number of aliphatic imine (C=N–C) groups is 1. The van der Waals surface area contributed by atoms with Gasteiger partial charge >= 0.3 is 0 Å². The minimum Gasteiger partial charge on any atom is -0.381 e. The third-order valence-corrected chi connectivity index (χ3v) is 5.32. The molecule has 1 aliphatic heterocycles. The van der Waals surface area contributed by atoms with Crippen LogP contribution in [0.5, 0.6) is 0 Å². The first-order valence-corrected chi connectivity index (χ1v) is 10.5. The summed E-state index contributed by atoms with van der Waals surface area (Å²) in [7, 11) is 3.87. The van der Waals surface area contributed by atoms with Gasteiger partial charge in [0.15, 0.2) is 5.96 Å². The van der Waals surface area contributed by atoms with Crippen LogP contribution in [-0.2, 0) is 27.4 Å². The van der Waals surface area contributed by atoms with Crippen molar-refractivity contribution in [3.05, 3.63) is 35.4 Å². The van der Waals surface area contributed by atoms with Crippen LogP contribution in [0.15, 0.2) is 29.3 Å². The summed E-state index contributed by atoms with van der Waals surface area (Å²) in [6.45, 7) is 5.55. The predicted molar refractivity (Wildman–Crippen MR) is 127 cm³/mol. The Bertz CT molecular complexity index is 602. The number of nitrogens with zero attached hydrogens (tertiary/aromatic N) is 2. The zero-order chi connectivity index (χ0) is 19.6. The Kier molecular flexibility index (Phi) is 11.3. The maximum atomic E-state index is 5.99. The van der Waals surface area contributed by atoms with E-state index in [4.69, 9.17) is 14.2 Å². The molecule has 29 heavy (non-hydrogen) atoms. The molecule has 0 aromatic heterocycles. The number of halogens is 1. The van der Waals surface area contributed by atoms with Crippen LogP contribution >= 0.6 is 24.0 Å². The van der Waals surface area contributed by atoms with Gasteiger partial charge in [0, 0.05) is 47.0 Å². The second-order valence-electron chi connectivity index (χ2n) is 7.78. The molecule has 1 aromatic carbocycles. The number of benzene rings is 1. The number of nitrogens with one attached hydrogen (secondary N) is 1. The Morgan fingerprint density at radius 1 is 1.14 bits per heavy atom. The Labute approximate surface area is 192 Å². The van der Waals surface area contributed by atoms with E-state index in [0.29, 0.717) is 12.7 Å². The molecule has 1 aromatic rings. The van der Waals surface area contributed by atoms with Crippen molar-refractivity contribution in [2.24, 2.45) is 10.9 Å². The minimum absolute atomic E-state index is 0. The zero-order valence-electron chi connectivity index (χ0n) is 17.8.